The predicted octanol–water partition coefficient (Wildman–Crippen LogP) is 3.68. The van der Waals surface area contributed by atoms with Crippen molar-refractivity contribution in [1.82, 2.24) is 0 Å². The lowest BCUT2D eigenvalue weighted by molar-refractivity contribution is -0.167. The monoisotopic (exact) mass is 321 g/mol. The molecule has 106 valence electrons. The number of hydrogen-bond donors (Lipinski definition) is 2. The van der Waals surface area contributed by atoms with Crippen LogP contribution in [0.3, 0.4) is 0 Å². The van der Waals surface area contributed by atoms with E-state index in [0.29, 0.717) is 5.56 Å². The van der Waals surface area contributed by atoms with Crippen molar-refractivity contribution < 1.29 is 27.9 Å². The normalized spacial score (nSPS) is 11.3. The van der Waals surface area contributed by atoms with Crippen molar-refractivity contribution in [1.29, 1.82) is 0 Å². The van der Waals surface area contributed by atoms with E-state index in [4.69, 9.17) is 5.11 Å². The standard InChI is InChI=1S/C11H6F3NO3S2/c12-11(13,14)10(18)15-8-7(9(16)17)6(4-20-8)5-1-2-19-3-5/h1-4H,(H,15,18)(H,16,17). The topological polar surface area (TPSA) is 66.4 Å². The summed E-state index contributed by atoms with van der Waals surface area (Å²) >= 11 is 2.07. The van der Waals surface area contributed by atoms with E-state index >= 15 is 0 Å². The average Bonchev–Trinajstić information content (AvgIpc) is 2.94. The largest absolute Gasteiger partial charge is 0.478 e. The molecule has 9 heteroatoms. The fourth-order valence-corrected chi connectivity index (χ4v) is 3.08. The van der Waals surface area contributed by atoms with Crippen molar-refractivity contribution in [3.63, 3.8) is 0 Å². The van der Waals surface area contributed by atoms with E-state index in [1.54, 1.807) is 22.1 Å². The molecule has 0 spiro atoms. The zero-order valence-electron chi connectivity index (χ0n) is 9.52. The van der Waals surface area contributed by atoms with Gasteiger partial charge in [-0.2, -0.15) is 24.5 Å². The van der Waals surface area contributed by atoms with Gasteiger partial charge < -0.3 is 10.4 Å². The van der Waals surface area contributed by atoms with Gasteiger partial charge in [-0.1, -0.05) is 0 Å². The lowest BCUT2D eigenvalue weighted by Gasteiger charge is -2.07. The van der Waals surface area contributed by atoms with Crippen LogP contribution in [-0.2, 0) is 4.79 Å². The molecule has 0 saturated heterocycles. The number of alkyl halides is 3. The highest BCUT2D eigenvalue weighted by Crippen LogP contribution is 2.37. The average molecular weight is 321 g/mol. The van der Waals surface area contributed by atoms with Gasteiger partial charge in [0.1, 0.15) is 10.6 Å². The molecule has 2 heterocycles. The van der Waals surface area contributed by atoms with Gasteiger partial charge in [0, 0.05) is 10.9 Å². The van der Waals surface area contributed by atoms with E-state index in [0.717, 1.165) is 11.3 Å². The molecule has 0 aliphatic rings. The van der Waals surface area contributed by atoms with E-state index in [9.17, 15) is 22.8 Å². The Labute approximate surface area is 118 Å². The molecule has 0 bridgehead atoms. The van der Waals surface area contributed by atoms with Crippen LogP contribution in [0.5, 0.6) is 0 Å². The zero-order chi connectivity index (χ0) is 14.9. The van der Waals surface area contributed by atoms with Crippen LogP contribution in [0.2, 0.25) is 0 Å². The number of carbonyl (C=O) groups is 2. The first-order valence-corrected chi connectivity index (χ1v) is 6.88. The second-order valence-corrected chi connectivity index (χ2v) is 5.28. The summed E-state index contributed by atoms with van der Waals surface area (Å²) in [5.41, 5.74) is 0.517. The van der Waals surface area contributed by atoms with Crippen molar-refractivity contribution in [3.8, 4) is 11.1 Å². The van der Waals surface area contributed by atoms with Crippen molar-refractivity contribution in [3.05, 3.63) is 27.8 Å². The highest BCUT2D eigenvalue weighted by molar-refractivity contribution is 7.15. The molecule has 0 unspecified atom stereocenters. The van der Waals surface area contributed by atoms with E-state index < -0.39 is 18.1 Å². The molecule has 20 heavy (non-hydrogen) atoms. The maximum atomic E-state index is 12.2. The molecule has 0 aliphatic carbocycles. The second kappa shape index (κ2) is 5.25. The van der Waals surface area contributed by atoms with Gasteiger partial charge in [0.05, 0.1) is 0 Å². The molecular weight excluding hydrogens is 315 g/mol. The number of thiophene rings is 2. The van der Waals surface area contributed by atoms with Gasteiger partial charge in [-0.25, -0.2) is 4.79 Å². The minimum Gasteiger partial charge on any atom is -0.478 e. The van der Waals surface area contributed by atoms with Crippen LogP contribution in [0.25, 0.3) is 11.1 Å². The molecule has 0 saturated carbocycles. The van der Waals surface area contributed by atoms with Crippen LogP contribution in [0.1, 0.15) is 10.4 Å². The van der Waals surface area contributed by atoms with Crippen molar-refractivity contribution in [2.24, 2.45) is 0 Å². The number of carboxylic acid groups (broad SMARTS) is 1. The second-order valence-electron chi connectivity index (χ2n) is 3.62. The van der Waals surface area contributed by atoms with Crippen LogP contribution >= 0.6 is 22.7 Å². The van der Waals surface area contributed by atoms with E-state index in [-0.39, 0.29) is 16.1 Å². The number of nitrogens with one attached hydrogen (secondary N) is 1. The molecule has 4 nitrogen and oxygen atoms in total. The quantitative estimate of drug-likeness (QED) is 0.906. The Hall–Kier alpha value is -1.87. The Morgan fingerprint density at radius 3 is 2.45 bits per heavy atom. The first kappa shape index (κ1) is 14.5. The summed E-state index contributed by atoms with van der Waals surface area (Å²) in [5, 5.41) is 15.2. The van der Waals surface area contributed by atoms with Crippen LogP contribution in [-0.4, -0.2) is 23.2 Å². The Morgan fingerprint density at radius 2 is 1.95 bits per heavy atom. The maximum Gasteiger partial charge on any atom is 0.471 e. The van der Waals surface area contributed by atoms with Gasteiger partial charge >= 0.3 is 18.1 Å². The first-order valence-electron chi connectivity index (χ1n) is 5.06. The number of carboxylic acids is 1. The highest BCUT2D eigenvalue weighted by Gasteiger charge is 2.39. The van der Waals surface area contributed by atoms with Gasteiger partial charge in [-0.3, -0.25) is 4.79 Å². The molecule has 0 fully saturated rings. The Kier molecular flexibility index (Phi) is 3.82. The van der Waals surface area contributed by atoms with Gasteiger partial charge in [-0.05, 0) is 22.4 Å². The fourth-order valence-electron chi connectivity index (χ4n) is 1.47. The summed E-state index contributed by atoms with van der Waals surface area (Å²) < 4.78 is 36.6. The Morgan fingerprint density at radius 1 is 1.25 bits per heavy atom. The molecule has 0 atom stereocenters. The smallest absolute Gasteiger partial charge is 0.471 e. The van der Waals surface area contributed by atoms with Gasteiger partial charge in [0.15, 0.2) is 0 Å². The predicted molar refractivity (Wildman–Crippen MR) is 69.3 cm³/mol. The number of halogens is 3. The van der Waals surface area contributed by atoms with E-state index in [1.165, 1.54) is 16.7 Å². The first-order chi connectivity index (χ1) is 9.30. The SMILES string of the molecule is O=C(O)c1c(-c2ccsc2)csc1NC(=O)C(F)(F)F. The molecule has 0 aliphatic heterocycles. The summed E-state index contributed by atoms with van der Waals surface area (Å²) in [6.07, 6.45) is -5.07. The number of carbonyl (C=O) groups excluding carboxylic acids is 1. The molecule has 0 radical (unpaired) electrons. The maximum absolute atomic E-state index is 12.2. The number of rotatable bonds is 3. The summed E-state index contributed by atoms with van der Waals surface area (Å²) in [6, 6.07) is 1.65. The van der Waals surface area contributed by atoms with Crippen LogP contribution in [0.4, 0.5) is 18.2 Å². The highest BCUT2D eigenvalue weighted by atomic mass is 32.1. The number of aromatic carboxylic acids is 1. The van der Waals surface area contributed by atoms with Crippen molar-refractivity contribution >= 4 is 39.6 Å². The summed E-state index contributed by atoms with van der Waals surface area (Å²) in [4.78, 5) is 22.1. The third-order valence-corrected chi connectivity index (χ3v) is 3.90. The Bertz CT molecular complexity index is 646. The van der Waals surface area contributed by atoms with E-state index in [2.05, 4.69) is 0 Å². The molecule has 2 aromatic heterocycles. The van der Waals surface area contributed by atoms with Crippen molar-refractivity contribution in [2.45, 2.75) is 6.18 Å². The molecule has 2 rings (SSSR count). The zero-order valence-corrected chi connectivity index (χ0v) is 11.2. The summed E-state index contributed by atoms with van der Waals surface area (Å²) in [5.74, 6) is -3.59. The minimum atomic E-state index is -5.07. The van der Waals surface area contributed by atoms with Gasteiger partial charge in [-0.15, -0.1) is 11.3 Å². The molecule has 2 N–H and O–H groups in total. The van der Waals surface area contributed by atoms with Crippen LogP contribution < -0.4 is 5.32 Å². The van der Waals surface area contributed by atoms with Crippen LogP contribution in [0, 0.1) is 0 Å². The number of amides is 1. The number of hydrogen-bond acceptors (Lipinski definition) is 4. The molecule has 2 aromatic rings. The minimum absolute atomic E-state index is 0.279. The van der Waals surface area contributed by atoms with Gasteiger partial charge in [0.25, 0.3) is 0 Å². The van der Waals surface area contributed by atoms with E-state index in [1.807, 2.05) is 0 Å². The van der Waals surface area contributed by atoms with Crippen molar-refractivity contribution in [2.75, 3.05) is 5.32 Å². The molecular formula is C11H6F3NO3S2. The molecule has 1 amide bonds. The molecule has 0 aromatic carbocycles. The van der Waals surface area contributed by atoms with Crippen LogP contribution in [0.15, 0.2) is 22.2 Å². The number of anilines is 1. The third kappa shape index (κ3) is 2.83. The lowest BCUT2D eigenvalue weighted by Crippen LogP contribution is -2.30. The Balaban J connectivity index is 2.41. The summed E-state index contributed by atoms with van der Waals surface area (Å²) in [7, 11) is 0. The lowest BCUT2D eigenvalue weighted by atomic mass is 10.1. The summed E-state index contributed by atoms with van der Waals surface area (Å²) in [6.45, 7) is 0. The third-order valence-electron chi connectivity index (χ3n) is 2.32. The fraction of sp³-hybridized carbons (Fsp3) is 0.0909. The van der Waals surface area contributed by atoms with Gasteiger partial charge in [0.2, 0.25) is 0 Å².